The minimum atomic E-state index is -2.31. The lowest BCUT2D eigenvalue weighted by Gasteiger charge is -2.23. The molecule has 0 aliphatic rings. The summed E-state index contributed by atoms with van der Waals surface area (Å²) in [5, 5.41) is 0. The van der Waals surface area contributed by atoms with Crippen LogP contribution in [0.4, 0.5) is 0 Å². The molecule has 5 heteroatoms. The van der Waals surface area contributed by atoms with Gasteiger partial charge in [-0.05, 0) is 38.5 Å². The van der Waals surface area contributed by atoms with Crippen LogP contribution >= 0.6 is 17.9 Å². The van der Waals surface area contributed by atoms with Crippen LogP contribution in [0.3, 0.4) is 0 Å². The highest BCUT2D eigenvalue weighted by molar-refractivity contribution is 8.60. The number of hydrogen-bond donors (Lipinski definition) is 1. The van der Waals surface area contributed by atoms with E-state index in [4.69, 9.17) is 20.9 Å². The molecule has 0 N–H and O–H groups in total. The van der Waals surface area contributed by atoms with Crippen molar-refractivity contribution in [1.29, 1.82) is 0 Å². The smallest absolute Gasteiger partial charge is 0.244 e. The van der Waals surface area contributed by atoms with Crippen LogP contribution in [-0.4, -0.2) is 12.2 Å². The summed E-state index contributed by atoms with van der Waals surface area (Å²) in [4.78, 5) is 0. The maximum atomic E-state index is 5.53. The van der Waals surface area contributed by atoms with Gasteiger partial charge in [-0.3, -0.25) is 0 Å². The van der Waals surface area contributed by atoms with Crippen LogP contribution in [0.25, 0.3) is 0 Å². The van der Waals surface area contributed by atoms with E-state index in [1.54, 1.807) is 0 Å². The average molecular weight is 242 g/mol. The first-order valence-corrected chi connectivity index (χ1v) is 8.40. The van der Waals surface area contributed by atoms with Crippen molar-refractivity contribution in [2.75, 3.05) is 0 Å². The van der Waals surface area contributed by atoms with E-state index < -0.39 is 5.69 Å². The molecule has 0 aliphatic carbocycles. The van der Waals surface area contributed by atoms with E-state index in [0.29, 0.717) is 0 Å². The number of thiol groups is 1. The quantitative estimate of drug-likeness (QED) is 0.565. The standard InChI is InChI=1S/C8H19O2PS2/c1-5-7(3)9-11(12,13)10-8(4)6-2/h7-8H,5-6H2,1-4H3,(H,12,13)/t7-,8-/m1/s1. The van der Waals surface area contributed by atoms with E-state index in [0.717, 1.165) is 12.8 Å². The van der Waals surface area contributed by atoms with Gasteiger partial charge in [0.1, 0.15) is 0 Å². The maximum absolute atomic E-state index is 5.53. The molecule has 0 fully saturated rings. The molecule has 2 nitrogen and oxygen atoms in total. The molecule has 0 saturated carbocycles. The summed E-state index contributed by atoms with van der Waals surface area (Å²) in [7, 11) is 0. The van der Waals surface area contributed by atoms with Crippen molar-refractivity contribution in [2.24, 2.45) is 0 Å². The lowest BCUT2D eigenvalue weighted by molar-refractivity contribution is 0.163. The Morgan fingerprint density at radius 2 is 1.46 bits per heavy atom. The van der Waals surface area contributed by atoms with Gasteiger partial charge in [-0.15, -0.1) is 0 Å². The van der Waals surface area contributed by atoms with E-state index in [9.17, 15) is 0 Å². The van der Waals surface area contributed by atoms with Gasteiger partial charge in [-0.25, -0.2) is 0 Å². The first-order chi connectivity index (χ1) is 5.91. The minimum Gasteiger partial charge on any atom is -0.319 e. The Hall–Kier alpha value is 0.920. The highest BCUT2D eigenvalue weighted by Gasteiger charge is 2.18. The number of hydrogen-bond acceptors (Lipinski definition) is 3. The minimum absolute atomic E-state index is 0.132. The summed E-state index contributed by atoms with van der Waals surface area (Å²) < 4.78 is 11.1. The van der Waals surface area contributed by atoms with Gasteiger partial charge in [0.15, 0.2) is 0 Å². The molecule has 13 heavy (non-hydrogen) atoms. The monoisotopic (exact) mass is 242 g/mol. The van der Waals surface area contributed by atoms with Crippen molar-refractivity contribution in [1.82, 2.24) is 0 Å². The Balaban J connectivity index is 4.00. The zero-order chi connectivity index (χ0) is 10.5. The van der Waals surface area contributed by atoms with Crippen LogP contribution in [0.2, 0.25) is 0 Å². The molecular weight excluding hydrogens is 223 g/mol. The molecule has 0 amide bonds. The van der Waals surface area contributed by atoms with E-state index in [2.05, 4.69) is 26.1 Å². The van der Waals surface area contributed by atoms with Gasteiger partial charge in [-0.2, -0.15) is 0 Å². The fourth-order valence-electron chi connectivity index (χ4n) is 0.629. The van der Waals surface area contributed by atoms with E-state index in [1.165, 1.54) is 0 Å². The maximum Gasteiger partial charge on any atom is 0.244 e. The molecule has 0 rings (SSSR count). The Kier molecular flexibility index (Phi) is 6.87. The van der Waals surface area contributed by atoms with Crippen LogP contribution in [0.5, 0.6) is 0 Å². The summed E-state index contributed by atoms with van der Waals surface area (Å²) in [6.45, 7) is 8.07. The third kappa shape index (κ3) is 6.92. The first-order valence-electron chi connectivity index (χ1n) is 4.60. The molecule has 0 radical (unpaired) electrons. The van der Waals surface area contributed by atoms with Gasteiger partial charge in [0.05, 0.1) is 12.2 Å². The van der Waals surface area contributed by atoms with Gasteiger partial charge < -0.3 is 9.05 Å². The fraction of sp³-hybridized carbons (Fsp3) is 1.00. The van der Waals surface area contributed by atoms with Gasteiger partial charge in [0.25, 0.3) is 0 Å². The summed E-state index contributed by atoms with van der Waals surface area (Å²) >= 11 is 9.41. The lowest BCUT2D eigenvalue weighted by atomic mass is 10.3. The zero-order valence-electron chi connectivity index (χ0n) is 8.69. The molecule has 0 aromatic heterocycles. The average Bonchev–Trinajstić information content (AvgIpc) is 2.02. The van der Waals surface area contributed by atoms with Gasteiger partial charge >= 0.3 is 0 Å². The van der Waals surface area contributed by atoms with Gasteiger partial charge in [-0.1, -0.05) is 26.1 Å². The van der Waals surface area contributed by atoms with Crippen molar-refractivity contribution >= 4 is 29.7 Å². The number of rotatable bonds is 6. The summed E-state index contributed by atoms with van der Waals surface area (Å²) in [6.07, 6.45) is 2.13. The fourth-order valence-corrected chi connectivity index (χ4v) is 3.73. The Bertz CT molecular complexity index is 171. The van der Waals surface area contributed by atoms with Crippen molar-refractivity contribution < 1.29 is 9.05 Å². The topological polar surface area (TPSA) is 18.5 Å². The summed E-state index contributed by atoms with van der Waals surface area (Å²) in [5.41, 5.74) is -2.31. The molecule has 0 bridgehead atoms. The van der Waals surface area contributed by atoms with Crippen LogP contribution in [0.1, 0.15) is 40.5 Å². The molecule has 0 aromatic rings. The third-order valence-corrected chi connectivity index (χ3v) is 4.11. The van der Waals surface area contributed by atoms with Gasteiger partial charge in [0.2, 0.25) is 5.69 Å². The predicted octanol–water partition coefficient (Wildman–Crippen LogP) is 3.77. The van der Waals surface area contributed by atoms with Crippen molar-refractivity contribution in [3.63, 3.8) is 0 Å². The SMILES string of the molecule is CC[C@@H](C)OP(=S)(S)O[C@H](C)CC. The van der Waals surface area contributed by atoms with Crippen LogP contribution in [0, 0.1) is 0 Å². The summed E-state index contributed by atoms with van der Waals surface area (Å²) in [5.74, 6) is 0. The zero-order valence-corrected chi connectivity index (χ0v) is 11.3. The van der Waals surface area contributed by atoms with Gasteiger partial charge in [0, 0.05) is 0 Å². The van der Waals surface area contributed by atoms with Crippen molar-refractivity contribution in [3.05, 3.63) is 0 Å². The second-order valence-corrected chi connectivity index (χ2v) is 8.31. The van der Waals surface area contributed by atoms with Crippen molar-refractivity contribution in [2.45, 2.75) is 52.7 Å². The molecule has 0 saturated heterocycles. The molecule has 0 aliphatic heterocycles. The Morgan fingerprint density at radius 1 is 1.15 bits per heavy atom. The van der Waals surface area contributed by atoms with Crippen LogP contribution in [0.15, 0.2) is 0 Å². The van der Waals surface area contributed by atoms with E-state index >= 15 is 0 Å². The Morgan fingerprint density at radius 3 is 1.69 bits per heavy atom. The molecule has 80 valence electrons. The van der Waals surface area contributed by atoms with Crippen molar-refractivity contribution in [3.8, 4) is 0 Å². The highest BCUT2D eigenvalue weighted by Crippen LogP contribution is 2.55. The molecule has 2 atom stereocenters. The second kappa shape index (κ2) is 6.41. The van der Waals surface area contributed by atoms with Crippen LogP contribution < -0.4 is 0 Å². The molecule has 0 spiro atoms. The lowest BCUT2D eigenvalue weighted by Crippen LogP contribution is -2.08. The largest absolute Gasteiger partial charge is 0.319 e. The summed E-state index contributed by atoms with van der Waals surface area (Å²) in [6, 6.07) is 0. The highest BCUT2D eigenvalue weighted by atomic mass is 32.9. The third-order valence-electron chi connectivity index (χ3n) is 1.78. The van der Waals surface area contributed by atoms with E-state index in [-0.39, 0.29) is 12.2 Å². The molecular formula is C8H19O2PS2. The molecule has 0 aromatic carbocycles. The predicted molar refractivity (Wildman–Crippen MR) is 64.9 cm³/mol. The molecule has 0 heterocycles. The first kappa shape index (κ1) is 13.9. The van der Waals surface area contributed by atoms with Crippen LogP contribution in [-0.2, 0) is 20.9 Å². The Labute approximate surface area is 91.7 Å². The molecule has 0 unspecified atom stereocenters. The normalized spacial score (nSPS) is 17.0. The van der Waals surface area contributed by atoms with E-state index in [1.807, 2.05) is 13.8 Å². The second-order valence-electron chi connectivity index (χ2n) is 3.12.